The molecule has 0 atom stereocenters. The minimum atomic E-state index is -4.52. The van der Waals surface area contributed by atoms with Gasteiger partial charge in [-0.25, -0.2) is 0 Å². The summed E-state index contributed by atoms with van der Waals surface area (Å²) in [6, 6.07) is 6.93. The molecule has 1 saturated heterocycles. The van der Waals surface area contributed by atoms with Crippen LogP contribution in [0.2, 0.25) is 0 Å². The molecule has 0 saturated carbocycles. The van der Waals surface area contributed by atoms with Gasteiger partial charge in [0.2, 0.25) is 11.8 Å². The quantitative estimate of drug-likeness (QED) is 0.842. The molecular weight excluding hydrogens is 349 g/mol. The monoisotopic (exact) mass is 366 g/mol. The van der Waals surface area contributed by atoms with Crippen LogP contribution in [0.3, 0.4) is 0 Å². The van der Waals surface area contributed by atoms with Gasteiger partial charge >= 0.3 is 6.18 Å². The van der Waals surface area contributed by atoms with Gasteiger partial charge in [0.1, 0.15) is 13.1 Å². The van der Waals surface area contributed by atoms with Crippen LogP contribution in [0.25, 0.3) is 0 Å². The molecular formula is C17H17F3N4O2. The number of alkyl halides is 3. The predicted octanol–water partition coefficient (Wildman–Crippen LogP) is 1.20. The van der Waals surface area contributed by atoms with Crippen molar-refractivity contribution in [3.8, 4) is 6.07 Å². The Bertz CT molecular complexity index is 779. The topological polar surface area (TPSA) is 85.2 Å². The highest BCUT2D eigenvalue weighted by Gasteiger charge is 2.52. The smallest absolute Gasteiger partial charge is 0.345 e. The Kier molecular flexibility index (Phi) is 4.63. The summed E-state index contributed by atoms with van der Waals surface area (Å²) < 4.78 is 36.9. The van der Waals surface area contributed by atoms with Gasteiger partial charge in [-0.3, -0.25) is 9.59 Å². The SMILES string of the molecule is N#Cc1cccc2c1C1(CCNCC1)C(=O)N2CC(=O)NCC(F)(F)F. The highest BCUT2D eigenvalue weighted by molar-refractivity contribution is 6.11. The lowest BCUT2D eigenvalue weighted by Crippen LogP contribution is -2.50. The fourth-order valence-corrected chi connectivity index (χ4v) is 3.71. The molecule has 0 aromatic heterocycles. The fourth-order valence-electron chi connectivity index (χ4n) is 3.71. The second kappa shape index (κ2) is 6.61. The Labute approximate surface area is 148 Å². The Morgan fingerprint density at radius 3 is 2.65 bits per heavy atom. The largest absolute Gasteiger partial charge is 0.405 e. The molecule has 2 aliphatic heterocycles. The summed E-state index contributed by atoms with van der Waals surface area (Å²) in [7, 11) is 0. The lowest BCUT2D eigenvalue weighted by atomic mass is 9.72. The van der Waals surface area contributed by atoms with E-state index in [2.05, 4.69) is 11.4 Å². The molecule has 2 heterocycles. The van der Waals surface area contributed by atoms with Crippen LogP contribution < -0.4 is 15.5 Å². The van der Waals surface area contributed by atoms with Gasteiger partial charge in [-0.2, -0.15) is 18.4 Å². The van der Waals surface area contributed by atoms with Crippen molar-refractivity contribution in [2.45, 2.75) is 24.4 Å². The molecule has 0 aliphatic carbocycles. The molecule has 138 valence electrons. The average molecular weight is 366 g/mol. The maximum atomic E-state index is 13.1. The summed E-state index contributed by atoms with van der Waals surface area (Å²) in [6.45, 7) is -0.794. The van der Waals surface area contributed by atoms with Gasteiger partial charge in [0, 0.05) is 11.3 Å². The van der Waals surface area contributed by atoms with Crippen LogP contribution in [0, 0.1) is 11.3 Å². The van der Waals surface area contributed by atoms with E-state index in [0.29, 0.717) is 42.7 Å². The number of benzene rings is 1. The summed E-state index contributed by atoms with van der Waals surface area (Å²) in [5, 5.41) is 14.4. The molecule has 0 unspecified atom stereocenters. The van der Waals surface area contributed by atoms with Crippen molar-refractivity contribution in [1.29, 1.82) is 5.26 Å². The minimum absolute atomic E-state index is 0.334. The number of nitrogens with zero attached hydrogens (tertiary/aromatic N) is 2. The fraction of sp³-hybridized carbons (Fsp3) is 0.471. The van der Waals surface area contributed by atoms with E-state index >= 15 is 0 Å². The van der Waals surface area contributed by atoms with Gasteiger partial charge in [0.15, 0.2) is 0 Å². The number of halogens is 3. The van der Waals surface area contributed by atoms with E-state index in [1.807, 2.05) is 0 Å². The van der Waals surface area contributed by atoms with Gasteiger partial charge in [0.05, 0.1) is 17.0 Å². The number of hydrogen-bond donors (Lipinski definition) is 2. The summed E-state index contributed by atoms with van der Waals surface area (Å²) in [5.74, 6) is -1.23. The number of nitriles is 1. The second-order valence-corrected chi connectivity index (χ2v) is 6.43. The Hall–Kier alpha value is -2.60. The molecule has 1 fully saturated rings. The maximum Gasteiger partial charge on any atom is 0.405 e. The van der Waals surface area contributed by atoms with Crippen molar-refractivity contribution < 1.29 is 22.8 Å². The molecule has 2 amide bonds. The summed E-state index contributed by atoms with van der Waals surface area (Å²) >= 11 is 0. The molecule has 0 bridgehead atoms. The normalized spacial score (nSPS) is 18.5. The lowest BCUT2D eigenvalue weighted by Gasteiger charge is -2.33. The molecule has 1 aromatic rings. The van der Waals surface area contributed by atoms with Crippen molar-refractivity contribution in [1.82, 2.24) is 10.6 Å². The van der Waals surface area contributed by atoms with Gasteiger partial charge in [-0.15, -0.1) is 0 Å². The van der Waals surface area contributed by atoms with Gasteiger partial charge in [-0.05, 0) is 38.1 Å². The molecule has 1 spiro atoms. The first-order valence-corrected chi connectivity index (χ1v) is 8.18. The van der Waals surface area contributed by atoms with E-state index in [0.717, 1.165) is 0 Å². The number of piperidine rings is 1. The second-order valence-electron chi connectivity index (χ2n) is 6.43. The van der Waals surface area contributed by atoms with Crippen LogP contribution in [0.1, 0.15) is 24.0 Å². The molecule has 2 N–H and O–H groups in total. The summed E-state index contributed by atoms with van der Waals surface area (Å²) in [4.78, 5) is 26.3. The minimum Gasteiger partial charge on any atom is -0.345 e. The number of carbonyl (C=O) groups excluding carboxylic acids is 2. The third-order valence-electron chi connectivity index (χ3n) is 4.83. The van der Waals surface area contributed by atoms with Crippen molar-refractivity contribution in [2.24, 2.45) is 0 Å². The first-order valence-electron chi connectivity index (χ1n) is 8.18. The van der Waals surface area contributed by atoms with E-state index in [-0.39, 0.29) is 5.91 Å². The predicted molar refractivity (Wildman–Crippen MR) is 86.4 cm³/mol. The van der Waals surface area contributed by atoms with Crippen LogP contribution in [0.5, 0.6) is 0 Å². The number of hydrogen-bond acceptors (Lipinski definition) is 4. The number of amides is 2. The van der Waals surface area contributed by atoms with E-state index < -0.39 is 30.6 Å². The number of anilines is 1. The average Bonchev–Trinajstić information content (AvgIpc) is 2.83. The highest BCUT2D eigenvalue weighted by Crippen LogP contribution is 2.48. The molecule has 0 radical (unpaired) electrons. The van der Waals surface area contributed by atoms with Crippen LogP contribution in [-0.2, 0) is 15.0 Å². The van der Waals surface area contributed by atoms with Gasteiger partial charge < -0.3 is 15.5 Å². The van der Waals surface area contributed by atoms with Crippen molar-refractivity contribution in [2.75, 3.05) is 31.1 Å². The van der Waals surface area contributed by atoms with E-state index in [9.17, 15) is 28.0 Å². The standard InChI is InChI=1S/C17H17F3N4O2/c18-17(19,20)10-23-13(25)9-24-12-3-1-2-11(8-21)14(12)16(15(24)26)4-6-22-7-5-16/h1-3,22H,4-7,9-10H2,(H,23,25). The zero-order valence-corrected chi connectivity index (χ0v) is 13.8. The molecule has 1 aromatic carbocycles. The number of rotatable bonds is 3. The Morgan fingerprint density at radius 1 is 1.35 bits per heavy atom. The van der Waals surface area contributed by atoms with E-state index in [1.165, 1.54) is 4.90 Å². The third-order valence-corrected chi connectivity index (χ3v) is 4.83. The van der Waals surface area contributed by atoms with E-state index in [4.69, 9.17) is 0 Å². The maximum absolute atomic E-state index is 13.1. The van der Waals surface area contributed by atoms with Crippen molar-refractivity contribution >= 4 is 17.5 Å². The van der Waals surface area contributed by atoms with Gasteiger partial charge in [-0.1, -0.05) is 6.07 Å². The lowest BCUT2D eigenvalue weighted by molar-refractivity contribution is -0.138. The summed E-state index contributed by atoms with van der Waals surface area (Å²) in [5.41, 5.74) is 0.462. The molecule has 3 rings (SSSR count). The molecule has 2 aliphatic rings. The zero-order valence-electron chi connectivity index (χ0n) is 13.8. The molecule has 6 nitrogen and oxygen atoms in total. The highest BCUT2D eigenvalue weighted by atomic mass is 19.4. The number of carbonyl (C=O) groups is 2. The van der Waals surface area contributed by atoms with Crippen LogP contribution in [-0.4, -0.2) is 44.2 Å². The molecule has 9 heteroatoms. The van der Waals surface area contributed by atoms with Crippen molar-refractivity contribution in [3.05, 3.63) is 29.3 Å². The van der Waals surface area contributed by atoms with Crippen LogP contribution >= 0.6 is 0 Å². The summed E-state index contributed by atoms with van der Waals surface area (Å²) in [6.07, 6.45) is -3.58. The van der Waals surface area contributed by atoms with Crippen LogP contribution in [0.15, 0.2) is 18.2 Å². The van der Waals surface area contributed by atoms with Crippen molar-refractivity contribution in [3.63, 3.8) is 0 Å². The number of nitrogens with one attached hydrogen (secondary N) is 2. The van der Waals surface area contributed by atoms with E-state index in [1.54, 1.807) is 23.5 Å². The number of fused-ring (bicyclic) bond motifs is 2. The zero-order chi connectivity index (χ0) is 18.9. The molecule has 26 heavy (non-hydrogen) atoms. The third kappa shape index (κ3) is 3.12. The first kappa shape index (κ1) is 18.2. The Morgan fingerprint density at radius 2 is 2.04 bits per heavy atom. The van der Waals surface area contributed by atoms with Crippen LogP contribution in [0.4, 0.5) is 18.9 Å². The Balaban J connectivity index is 1.93. The first-order chi connectivity index (χ1) is 12.3. The van der Waals surface area contributed by atoms with Gasteiger partial charge in [0.25, 0.3) is 0 Å².